The maximum absolute atomic E-state index is 14.9. The van der Waals surface area contributed by atoms with Crippen LogP contribution in [0.2, 0.25) is 5.02 Å². The summed E-state index contributed by atoms with van der Waals surface area (Å²) in [5.41, 5.74) is 3.00. The molecular formula is C23H20ClF2N3O. The summed E-state index contributed by atoms with van der Waals surface area (Å²) < 4.78 is 36.7. The first kappa shape index (κ1) is 20.2. The largest absolute Gasteiger partial charge is 0.497 e. The molecule has 0 radical (unpaired) electrons. The molecule has 0 fully saturated rings. The molecule has 2 aromatic carbocycles. The third-order valence-electron chi connectivity index (χ3n) is 5.04. The molecule has 7 heteroatoms. The Morgan fingerprint density at radius 1 is 1.10 bits per heavy atom. The third-order valence-corrected chi connectivity index (χ3v) is 5.36. The summed E-state index contributed by atoms with van der Waals surface area (Å²) in [6, 6.07) is 13.4. The standard InChI is InChI=1S/C23H20ClF2N3O/c1-4-14-8-6-10-19-27-22(20-17(25)11-15(30-3)12-18(20)26)23(29(14)19)28-21-13(2)7-5-9-16(21)24/h5-12,28H,4H2,1-3H3. The predicted molar refractivity (Wildman–Crippen MR) is 116 cm³/mol. The van der Waals surface area contributed by atoms with Gasteiger partial charge in [-0.3, -0.25) is 4.40 Å². The topological polar surface area (TPSA) is 38.6 Å². The molecule has 30 heavy (non-hydrogen) atoms. The van der Waals surface area contributed by atoms with Crippen molar-refractivity contribution in [2.75, 3.05) is 12.4 Å². The Balaban J connectivity index is 2.03. The van der Waals surface area contributed by atoms with E-state index in [0.717, 1.165) is 23.4 Å². The molecule has 1 N–H and O–H groups in total. The number of benzene rings is 2. The second-order valence-electron chi connectivity index (χ2n) is 6.90. The summed E-state index contributed by atoms with van der Waals surface area (Å²) in [6.45, 7) is 3.92. The van der Waals surface area contributed by atoms with Gasteiger partial charge in [0.15, 0.2) is 0 Å². The second kappa shape index (κ2) is 7.95. The second-order valence-corrected chi connectivity index (χ2v) is 7.30. The van der Waals surface area contributed by atoms with Crippen LogP contribution in [0.15, 0.2) is 48.5 Å². The zero-order valence-electron chi connectivity index (χ0n) is 16.8. The molecule has 0 bridgehead atoms. The summed E-state index contributed by atoms with van der Waals surface area (Å²) in [4.78, 5) is 4.56. The number of aryl methyl sites for hydroxylation is 2. The van der Waals surface area contributed by atoms with Gasteiger partial charge in [0, 0.05) is 17.8 Å². The van der Waals surface area contributed by atoms with Gasteiger partial charge in [-0.25, -0.2) is 13.8 Å². The lowest BCUT2D eigenvalue weighted by atomic mass is 10.1. The molecule has 0 saturated carbocycles. The van der Waals surface area contributed by atoms with Gasteiger partial charge < -0.3 is 10.1 Å². The van der Waals surface area contributed by atoms with E-state index < -0.39 is 11.6 Å². The first-order valence-corrected chi connectivity index (χ1v) is 9.88. The number of ether oxygens (including phenoxy) is 1. The number of aromatic nitrogens is 2. The number of methoxy groups -OCH3 is 1. The van der Waals surface area contributed by atoms with E-state index in [0.29, 0.717) is 28.6 Å². The van der Waals surface area contributed by atoms with E-state index in [4.69, 9.17) is 16.3 Å². The van der Waals surface area contributed by atoms with Crippen molar-refractivity contribution in [2.45, 2.75) is 20.3 Å². The van der Waals surface area contributed by atoms with Gasteiger partial charge >= 0.3 is 0 Å². The van der Waals surface area contributed by atoms with Crippen LogP contribution in [0.4, 0.5) is 20.3 Å². The number of pyridine rings is 1. The van der Waals surface area contributed by atoms with Crippen molar-refractivity contribution in [3.63, 3.8) is 0 Å². The Kier molecular flexibility index (Phi) is 5.35. The number of para-hydroxylation sites is 1. The molecule has 0 amide bonds. The smallest absolute Gasteiger partial charge is 0.143 e. The highest BCUT2D eigenvalue weighted by Gasteiger charge is 2.24. The fourth-order valence-electron chi connectivity index (χ4n) is 3.53. The molecule has 154 valence electrons. The minimum Gasteiger partial charge on any atom is -0.497 e. The molecule has 4 nitrogen and oxygen atoms in total. The van der Waals surface area contributed by atoms with Crippen molar-refractivity contribution in [3.8, 4) is 17.0 Å². The van der Waals surface area contributed by atoms with Crippen LogP contribution < -0.4 is 10.1 Å². The van der Waals surface area contributed by atoms with Crippen molar-refractivity contribution in [1.29, 1.82) is 0 Å². The van der Waals surface area contributed by atoms with Crippen molar-refractivity contribution >= 4 is 28.8 Å². The zero-order valence-corrected chi connectivity index (χ0v) is 17.5. The molecule has 0 atom stereocenters. The van der Waals surface area contributed by atoms with Gasteiger partial charge in [0.1, 0.15) is 34.5 Å². The summed E-state index contributed by atoms with van der Waals surface area (Å²) in [5.74, 6) is -0.968. The highest BCUT2D eigenvalue weighted by Crippen LogP contribution is 2.38. The SMILES string of the molecule is CCc1cccc2nc(-c3c(F)cc(OC)cc3F)c(Nc3c(C)cccc3Cl)n12. The number of hydrogen-bond donors (Lipinski definition) is 1. The van der Waals surface area contributed by atoms with Crippen LogP contribution >= 0.6 is 11.6 Å². The van der Waals surface area contributed by atoms with Gasteiger partial charge in [-0.15, -0.1) is 0 Å². The molecule has 4 rings (SSSR count). The number of hydrogen-bond acceptors (Lipinski definition) is 3. The molecule has 2 heterocycles. The normalized spacial score (nSPS) is 11.1. The van der Waals surface area contributed by atoms with Gasteiger partial charge in [-0.2, -0.15) is 0 Å². The van der Waals surface area contributed by atoms with E-state index in [2.05, 4.69) is 10.3 Å². The van der Waals surface area contributed by atoms with E-state index in [-0.39, 0.29) is 17.0 Å². The Bertz CT molecular complexity index is 1210. The minimum absolute atomic E-state index is 0.100. The van der Waals surface area contributed by atoms with E-state index in [1.54, 1.807) is 12.1 Å². The van der Waals surface area contributed by atoms with Crippen molar-refractivity contribution in [3.05, 3.63) is 76.4 Å². The van der Waals surface area contributed by atoms with Crippen LogP contribution in [0, 0.1) is 18.6 Å². The van der Waals surface area contributed by atoms with E-state index in [1.807, 2.05) is 42.5 Å². The monoisotopic (exact) mass is 427 g/mol. The van der Waals surface area contributed by atoms with Crippen molar-refractivity contribution in [1.82, 2.24) is 9.38 Å². The average Bonchev–Trinajstić information content (AvgIpc) is 3.08. The fourth-order valence-corrected chi connectivity index (χ4v) is 3.80. The van der Waals surface area contributed by atoms with Gasteiger partial charge in [0.05, 0.1) is 23.4 Å². The number of imidazole rings is 1. The first-order valence-electron chi connectivity index (χ1n) is 9.50. The maximum Gasteiger partial charge on any atom is 0.143 e. The summed E-state index contributed by atoms with van der Waals surface area (Å²) in [7, 11) is 1.36. The van der Waals surface area contributed by atoms with Crippen LogP contribution in [0.1, 0.15) is 18.2 Å². The van der Waals surface area contributed by atoms with Crippen LogP contribution in [0.5, 0.6) is 5.75 Å². The quantitative estimate of drug-likeness (QED) is 0.392. The molecule has 0 spiro atoms. The number of nitrogens with zero attached hydrogens (tertiary/aromatic N) is 2. The van der Waals surface area contributed by atoms with E-state index in [9.17, 15) is 8.78 Å². The van der Waals surface area contributed by atoms with Gasteiger partial charge in [-0.05, 0) is 37.1 Å². The number of fused-ring (bicyclic) bond motifs is 1. The summed E-state index contributed by atoms with van der Waals surface area (Å²) in [5, 5.41) is 3.79. The molecule has 0 aliphatic heterocycles. The average molecular weight is 428 g/mol. The van der Waals surface area contributed by atoms with Crippen LogP contribution in [-0.2, 0) is 6.42 Å². The molecule has 0 aliphatic carbocycles. The summed E-state index contributed by atoms with van der Waals surface area (Å²) >= 11 is 6.41. The van der Waals surface area contributed by atoms with Crippen LogP contribution in [0.25, 0.3) is 16.9 Å². The third kappa shape index (κ3) is 3.37. The number of nitrogens with one attached hydrogen (secondary N) is 1. The van der Waals surface area contributed by atoms with Crippen molar-refractivity contribution in [2.24, 2.45) is 0 Å². The lowest BCUT2D eigenvalue weighted by Crippen LogP contribution is -2.04. The molecule has 2 aromatic heterocycles. The number of rotatable bonds is 5. The van der Waals surface area contributed by atoms with E-state index >= 15 is 0 Å². The minimum atomic E-state index is -0.757. The van der Waals surface area contributed by atoms with Gasteiger partial charge in [-0.1, -0.05) is 36.7 Å². The molecular weight excluding hydrogens is 408 g/mol. The van der Waals surface area contributed by atoms with E-state index in [1.165, 1.54) is 7.11 Å². The lowest BCUT2D eigenvalue weighted by Gasteiger charge is -2.15. The lowest BCUT2D eigenvalue weighted by molar-refractivity contribution is 0.407. The van der Waals surface area contributed by atoms with Gasteiger partial charge in [0.25, 0.3) is 0 Å². The molecule has 0 unspecified atom stereocenters. The molecule has 4 aromatic rings. The summed E-state index contributed by atoms with van der Waals surface area (Å²) in [6.07, 6.45) is 0.705. The Morgan fingerprint density at radius 3 is 2.43 bits per heavy atom. The number of anilines is 2. The van der Waals surface area contributed by atoms with Gasteiger partial charge in [0.2, 0.25) is 0 Å². The fraction of sp³-hybridized carbons (Fsp3) is 0.174. The Hall–Kier alpha value is -3.12. The highest BCUT2D eigenvalue weighted by molar-refractivity contribution is 6.33. The van der Waals surface area contributed by atoms with Crippen LogP contribution in [-0.4, -0.2) is 16.5 Å². The highest BCUT2D eigenvalue weighted by atomic mass is 35.5. The number of halogens is 3. The predicted octanol–water partition coefficient (Wildman–Crippen LogP) is 6.56. The molecule has 0 saturated heterocycles. The maximum atomic E-state index is 14.9. The first-order chi connectivity index (χ1) is 14.4. The Labute approximate surface area is 178 Å². The Morgan fingerprint density at radius 2 is 1.80 bits per heavy atom. The zero-order chi connectivity index (χ0) is 21.4. The van der Waals surface area contributed by atoms with Crippen molar-refractivity contribution < 1.29 is 13.5 Å². The molecule has 0 aliphatic rings. The van der Waals surface area contributed by atoms with Crippen LogP contribution in [0.3, 0.4) is 0 Å².